The van der Waals surface area contributed by atoms with Crippen LogP contribution in [0.15, 0.2) is 30.3 Å². The Hall–Kier alpha value is -3.42. The maximum absolute atomic E-state index is 11.8. The lowest BCUT2D eigenvalue weighted by Crippen LogP contribution is -2.33. The molecule has 0 amide bonds. The number of aliphatic hydroxyl groups is 2. The molecule has 0 radical (unpaired) electrons. The summed E-state index contributed by atoms with van der Waals surface area (Å²) < 4.78 is 18.7. The van der Waals surface area contributed by atoms with Gasteiger partial charge in [-0.05, 0) is 110 Å². The Morgan fingerprint density at radius 3 is 2.59 bits per heavy atom. The van der Waals surface area contributed by atoms with E-state index in [1.807, 2.05) is 18.2 Å². The third-order valence-electron chi connectivity index (χ3n) is 10.4. The van der Waals surface area contributed by atoms with Gasteiger partial charge in [0.05, 0.1) is 19.8 Å². The number of hydrogen-bond donors (Lipinski definition) is 4. The average Bonchev–Trinajstić information content (AvgIpc) is 3.05. The molecule has 4 unspecified atom stereocenters. The first kappa shape index (κ1) is 32.5. The highest BCUT2D eigenvalue weighted by molar-refractivity contribution is 5.83. The van der Waals surface area contributed by atoms with Crippen molar-refractivity contribution < 1.29 is 34.6 Å². The first-order chi connectivity index (χ1) is 22.2. The van der Waals surface area contributed by atoms with Gasteiger partial charge < -0.3 is 34.6 Å². The molecule has 4 atom stereocenters. The zero-order chi connectivity index (χ0) is 32.5. The van der Waals surface area contributed by atoms with Crippen LogP contribution in [0.1, 0.15) is 105 Å². The Kier molecular flexibility index (Phi) is 9.72. The molecular weight excluding hydrogens is 580 g/mol. The van der Waals surface area contributed by atoms with E-state index in [2.05, 4.69) is 26.8 Å². The van der Waals surface area contributed by atoms with Crippen LogP contribution in [0, 0.1) is 11.8 Å². The highest BCUT2D eigenvalue weighted by Gasteiger charge is 2.39. The molecule has 3 aromatic carbocycles. The third kappa shape index (κ3) is 6.16. The number of methoxy groups -OCH3 is 1. The largest absolute Gasteiger partial charge is 0.508 e. The SMILES string of the molecule is CCC(CCCO)CCC1Cc2cc(O)c(CC(C)C)cc2-c2c(OC)cc3c(c21)CC(O)C(c1ccc(O)c2c1CCCO2)O3. The lowest BCUT2D eigenvalue weighted by molar-refractivity contribution is 0.0193. The van der Waals surface area contributed by atoms with Gasteiger partial charge in [0.15, 0.2) is 17.6 Å². The fourth-order valence-electron chi connectivity index (χ4n) is 8.11. The second-order valence-electron chi connectivity index (χ2n) is 13.9. The summed E-state index contributed by atoms with van der Waals surface area (Å²) in [6, 6.07) is 9.58. The van der Waals surface area contributed by atoms with Gasteiger partial charge in [-0.2, -0.15) is 0 Å². The summed E-state index contributed by atoms with van der Waals surface area (Å²) in [4.78, 5) is 0. The minimum absolute atomic E-state index is 0.119. The van der Waals surface area contributed by atoms with Gasteiger partial charge in [-0.3, -0.25) is 0 Å². The predicted octanol–water partition coefficient (Wildman–Crippen LogP) is 7.55. The number of aromatic hydroxyl groups is 2. The van der Waals surface area contributed by atoms with Crippen molar-refractivity contribution in [2.75, 3.05) is 20.3 Å². The van der Waals surface area contributed by atoms with E-state index in [-0.39, 0.29) is 18.3 Å². The van der Waals surface area contributed by atoms with E-state index in [0.717, 1.165) is 108 Å². The molecular formula is C39H50O7. The second kappa shape index (κ2) is 13.7. The van der Waals surface area contributed by atoms with E-state index >= 15 is 0 Å². The summed E-state index contributed by atoms with van der Waals surface area (Å²) in [6.45, 7) is 7.32. The number of hydrogen-bond acceptors (Lipinski definition) is 7. The number of phenolic OH excluding ortho intramolecular Hbond substituents is 2. The molecule has 248 valence electrons. The Morgan fingerprint density at radius 1 is 1.02 bits per heavy atom. The summed E-state index contributed by atoms with van der Waals surface area (Å²) >= 11 is 0. The van der Waals surface area contributed by atoms with Crippen molar-refractivity contribution in [1.29, 1.82) is 0 Å². The zero-order valence-electron chi connectivity index (χ0n) is 27.8. The van der Waals surface area contributed by atoms with E-state index in [1.165, 1.54) is 5.56 Å². The number of rotatable bonds is 11. The summed E-state index contributed by atoms with van der Waals surface area (Å²) in [5, 5.41) is 42.8. The lowest BCUT2D eigenvalue weighted by Gasteiger charge is -2.38. The van der Waals surface area contributed by atoms with Gasteiger partial charge in [-0.15, -0.1) is 0 Å². The fraction of sp³-hybridized carbons (Fsp3) is 0.538. The van der Waals surface area contributed by atoms with E-state index in [4.69, 9.17) is 14.2 Å². The zero-order valence-corrected chi connectivity index (χ0v) is 27.8. The van der Waals surface area contributed by atoms with Crippen LogP contribution >= 0.6 is 0 Å². The number of benzene rings is 3. The van der Waals surface area contributed by atoms with Crippen molar-refractivity contribution >= 4 is 0 Å². The molecule has 46 heavy (non-hydrogen) atoms. The Morgan fingerprint density at radius 2 is 1.85 bits per heavy atom. The molecule has 6 rings (SSSR count). The molecule has 0 saturated heterocycles. The third-order valence-corrected chi connectivity index (χ3v) is 10.4. The molecule has 0 bridgehead atoms. The summed E-state index contributed by atoms with van der Waals surface area (Å²) in [6.07, 6.45) is 7.08. The van der Waals surface area contributed by atoms with Crippen LogP contribution < -0.4 is 14.2 Å². The molecule has 1 aliphatic carbocycles. The maximum atomic E-state index is 11.8. The van der Waals surface area contributed by atoms with Gasteiger partial charge in [-0.1, -0.05) is 33.3 Å². The van der Waals surface area contributed by atoms with Gasteiger partial charge >= 0.3 is 0 Å². The van der Waals surface area contributed by atoms with E-state index in [1.54, 1.807) is 13.2 Å². The first-order valence-electron chi connectivity index (χ1n) is 17.3. The molecule has 4 N–H and O–H groups in total. The van der Waals surface area contributed by atoms with Gasteiger partial charge in [0, 0.05) is 41.3 Å². The number of ether oxygens (including phenoxy) is 3. The standard InChI is InChI=1S/C39H50O7/c1-5-23(8-6-14-40)10-11-24-17-25-19-32(42)26(16-22(2)3)18-29(25)37-35(44-4)21-34-30(36(24)37)20-33(43)39(46-34)28-12-13-31(41)38-27(28)9-7-15-45-38/h12-13,18-19,21-24,33,39-43H,5-11,14-17,20H2,1-4H3. The van der Waals surface area contributed by atoms with Crippen LogP contribution in [-0.2, 0) is 25.7 Å². The van der Waals surface area contributed by atoms with Gasteiger partial charge in [0.1, 0.15) is 17.2 Å². The highest BCUT2D eigenvalue weighted by Crippen LogP contribution is 2.54. The topological polar surface area (TPSA) is 109 Å². The molecule has 0 saturated carbocycles. The Balaban J connectivity index is 1.46. The molecule has 2 heterocycles. The molecule has 3 aliphatic rings. The highest BCUT2D eigenvalue weighted by atomic mass is 16.5. The minimum Gasteiger partial charge on any atom is -0.508 e. The molecule has 7 heteroatoms. The van der Waals surface area contributed by atoms with Gasteiger partial charge in [0.25, 0.3) is 0 Å². The Labute approximate surface area is 273 Å². The average molecular weight is 631 g/mol. The van der Waals surface area contributed by atoms with Crippen molar-refractivity contribution in [3.63, 3.8) is 0 Å². The summed E-state index contributed by atoms with van der Waals surface area (Å²) in [7, 11) is 1.70. The Bertz CT molecular complexity index is 1560. The second-order valence-corrected chi connectivity index (χ2v) is 13.9. The number of fused-ring (bicyclic) bond motifs is 6. The normalized spacial score (nSPS) is 20.5. The first-order valence-corrected chi connectivity index (χ1v) is 17.3. The van der Waals surface area contributed by atoms with Crippen LogP contribution in [0.5, 0.6) is 28.7 Å². The smallest absolute Gasteiger partial charge is 0.164 e. The summed E-state index contributed by atoms with van der Waals surface area (Å²) in [5.74, 6) is 3.51. The maximum Gasteiger partial charge on any atom is 0.164 e. The van der Waals surface area contributed by atoms with Crippen molar-refractivity contribution in [3.8, 4) is 39.9 Å². The molecule has 7 nitrogen and oxygen atoms in total. The molecule has 0 aromatic heterocycles. The van der Waals surface area contributed by atoms with Crippen molar-refractivity contribution in [2.24, 2.45) is 11.8 Å². The van der Waals surface area contributed by atoms with E-state index < -0.39 is 12.2 Å². The molecule has 3 aromatic rings. The van der Waals surface area contributed by atoms with Gasteiger partial charge in [-0.25, -0.2) is 0 Å². The summed E-state index contributed by atoms with van der Waals surface area (Å²) in [5.41, 5.74) is 8.17. The van der Waals surface area contributed by atoms with E-state index in [0.29, 0.717) is 36.4 Å². The van der Waals surface area contributed by atoms with Crippen LogP contribution in [0.25, 0.3) is 11.1 Å². The van der Waals surface area contributed by atoms with E-state index in [9.17, 15) is 20.4 Å². The van der Waals surface area contributed by atoms with Crippen molar-refractivity contribution in [3.05, 3.63) is 63.7 Å². The van der Waals surface area contributed by atoms with Crippen molar-refractivity contribution in [1.82, 2.24) is 0 Å². The number of aliphatic hydroxyl groups excluding tert-OH is 2. The predicted molar refractivity (Wildman–Crippen MR) is 179 cm³/mol. The fourth-order valence-corrected chi connectivity index (χ4v) is 8.11. The molecule has 0 spiro atoms. The van der Waals surface area contributed by atoms with Crippen LogP contribution in [-0.4, -0.2) is 46.9 Å². The lowest BCUT2D eigenvalue weighted by atomic mass is 9.71. The quantitative estimate of drug-likeness (QED) is 0.173. The van der Waals surface area contributed by atoms with Crippen molar-refractivity contribution in [2.45, 2.75) is 103 Å². The number of phenols is 2. The van der Waals surface area contributed by atoms with Gasteiger partial charge in [0.2, 0.25) is 0 Å². The van der Waals surface area contributed by atoms with Crippen LogP contribution in [0.3, 0.4) is 0 Å². The van der Waals surface area contributed by atoms with Crippen LogP contribution in [0.2, 0.25) is 0 Å². The molecule has 0 fully saturated rings. The molecule has 2 aliphatic heterocycles. The minimum atomic E-state index is -0.785. The van der Waals surface area contributed by atoms with Crippen LogP contribution in [0.4, 0.5) is 0 Å². The monoisotopic (exact) mass is 630 g/mol.